The van der Waals surface area contributed by atoms with Crippen molar-refractivity contribution in [2.24, 2.45) is 5.92 Å². The van der Waals surface area contributed by atoms with Gasteiger partial charge in [0, 0.05) is 18.3 Å². The third-order valence-electron chi connectivity index (χ3n) is 3.89. The highest BCUT2D eigenvalue weighted by Gasteiger charge is 2.36. The summed E-state index contributed by atoms with van der Waals surface area (Å²) in [6, 6.07) is 4.33. The monoisotopic (exact) mass is 287 g/mol. The fraction of sp³-hybridized carbons (Fsp3) is 0.571. The Bertz CT molecular complexity index is 471. The molecule has 112 valence electrons. The Balaban J connectivity index is 2.25. The second-order valence-corrected chi connectivity index (χ2v) is 5.57. The Labute approximate surface area is 116 Å². The number of halogens is 3. The van der Waals surface area contributed by atoms with Crippen LogP contribution in [0, 0.1) is 5.92 Å². The zero-order valence-corrected chi connectivity index (χ0v) is 11.7. The number of hydrogen-bond donors (Lipinski definition) is 2. The molecule has 2 rings (SSSR count). The Kier molecular flexibility index (Phi) is 4.25. The van der Waals surface area contributed by atoms with E-state index in [-0.39, 0.29) is 17.6 Å². The van der Waals surface area contributed by atoms with Crippen molar-refractivity contribution in [1.29, 1.82) is 0 Å². The van der Waals surface area contributed by atoms with Crippen LogP contribution in [0.25, 0.3) is 0 Å². The molecule has 1 aromatic rings. The molecule has 6 heteroatoms. The number of benzene rings is 1. The number of alkyl halides is 3. The molecule has 1 aromatic carbocycles. The number of nitrogens with two attached hydrogens (primary N) is 1. The van der Waals surface area contributed by atoms with Crippen LogP contribution in [0.2, 0.25) is 0 Å². The topological polar surface area (TPSA) is 41.3 Å². The maximum Gasteiger partial charge on any atom is 0.416 e. The van der Waals surface area contributed by atoms with Crippen LogP contribution in [0.1, 0.15) is 11.1 Å². The molecule has 1 heterocycles. The first kappa shape index (κ1) is 15.1. The third kappa shape index (κ3) is 3.24. The summed E-state index contributed by atoms with van der Waals surface area (Å²) in [6.45, 7) is 1.55. The first-order valence-electron chi connectivity index (χ1n) is 6.62. The molecule has 0 spiro atoms. The lowest BCUT2D eigenvalue weighted by Gasteiger charge is -2.26. The van der Waals surface area contributed by atoms with E-state index in [1.807, 2.05) is 14.1 Å². The van der Waals surface area contributed by atoms with Crippen LogP contribution < -0.4 is 11.1 Å². The van der Waals surface area contributed by atoms with Crippen LogP contribution in [-0.4, -0.2) is 38.1 Å². The largest absolute Gasteiger partial charge is 0.416 e. The van der Waals surface area contributed by atoms with Crippen molar-refractivity contribution in [1.82, 2.24) is 10.2 Å². The molecule has 0 aromatic heterocycles. The molecule has 0 bridgehead atoms. The van der Waals surface area contributed by atoms with Gasteiger partial charge < -0.3 is 16.0 Å². The van der Waals surface area contributed by atoms with Crippen LogP contribution in [-0.2, 0) is 12.6 Å². The molecular formula is C14H20F3N3. The molecule has 3 nitrogen and oxygen atoms in total. The number of hydrogen-bond acceptors (Lipinski definition) is 3. The van der Waals surface area contributed by atoms with E-state index >= 15 is 0 Å². The van der Waals surface area contributed by atoms with Crippen LogP contribution in [0.5, 0.6) is 0 Å². The zero-order valence-electron chi connectivity index (χ0n) is 11.7. The molecule has 3 N–H and O–H groups in total. The van der Waals surface area contributed by atoms with Crippen molar-refractivity contribution in [3.8, 4) is 0 Å². The normalized spacial score (nSPS) is 23.5. The minimum absolute atomic E-state index is 0.148. The number of anilines is 1. The summed E-state index contributed by atoms with van der Waals surface area (Å²) < 4.78 is 39.2. The van der Waals surface area contributed by atoms with Crippen molar-refractivity contribution in [2.45, 2.75) is 18.6 Å². The Morgan fingerprint density at radius 2 is 2.00 bits per heavy atom. The van der Waals surface area contributed by atoms with Gasteiger partial charge in [-0.2, -0.15) is 13.2 Å². The summed E-state index contributed by atoms with van der Waals surface area (Å²) >= 11 is 0. The van der Waals surface area contributed by atoms with Gasteiger partial charge in [0.05, 0.1) is 5.56 Å². The Hall–Kier alpha value is -1.27. The second-order valence-electron chi connectivity index (χ2n) is 5.57. The van der Waals surface area contributed by atoms with E-state index in [1.54, 1.807) is 0 Å². The van der Waals surface area contributed by atoms with Gasteiger partial charge in [-0.25, -0.2) is 0 Å². The standard InChI is InChI=1S/C14H20F3N3/c1-20(2)13-8-19-7-10(13)5-9-3-4-11(18)6-12(9)14(15,16)17/h3-4,6,10,13,19H,5,7-8,18H2,1-2H3/t10?,13-/m0/s1. The van der Waals surface area contributed by atoms with Crippen molar-refractivity contribution in [2.75, 3.05) is 32.9 Å². The van der Waals surface area contributed by atoms with Gasteiger partial charge in [-0.05, 0) is 50.7 Å². The predicted molar refractivity (Wildman–Crippen MR) is 73.4 cm³/mol. The van der Waals surface area contributed by atoms with Crippen molar-refractivity contribution < 1.29 is 13.2 Å². The van der Waals surface area contributed by atoms with Gasteiger partial charge in [-0.3, -0.25) is 0 Å². The average Bonchev–Trinajstić information content (AvgIpc) is 2.78. The van der Waals surface area contributed by atoms with Crippen LogP contribution in [0.3, 0.4) is 0 Å². The number of likely N-dealkylation sites (N-methyl/N-ethyl adjacent to an activating group) is 1. The van der Waals surface area contributed by atoms with Crippen molar-refractivity contribution in [3.05, 3.63) is 29.3 Å². The van der Waals surface area contributed by atoms with Gasteiger partial charge in [0.2, 0.25) is 0 Å². The number of nitrogens with zero attached hydrogens (tertiary/aromatic N) is 1. The molecule has 1 saturated heterocycles. The molecule has 0 saturated carbocycles. The van der Waals surface area contributed by atoms with Gasteiger partial charge in [-0.15, -0.1) is 0 Å². The van der Waals surface area contributed by atoms with Crippen molar-refractivity contribution in [3.63, 3.8) is 0 Å². The summed E-state index contributed by atoms with van der Waals surface area (Å²) in [5.41, 5.74) is 5.35. The van der Waals surface area contributed by atoms with Gasteiger partial charge in [0.25, 0.3) is 0 Å². The minimum Gasteiger partial charge on any atom is -0.399 e. The molecular weight excluding hydrogens is 267 g/mol. The van der Waals surface area contributed by atoms with Gasteiger partial charge in [0.15, 0.2) is 0 Å². The van der Waals surface area contributed by atoms with E-state index in [0.717, 1.165) is 19.2 Å². The molecule has 1 fully saturated rings. The van der Waals surface area contributed by atoms with Crippen LogP contribution in [0.4, 0.5) is 18.9 Å². The Morgan fingerprint density at radius 3 is 2.60 bits per heavy atom. The van der Waals surface area contributed by atoms with E-state index in [0.29, 0.717) is 12.0 Å². The maximum atomic E-state index is 13.1. The molecule has 0 aliphatic carbocycles. The molecule has 1 unspecified atom stereocenters. The lowest BCUT2D eigenvalue weighted by Crippen LogP contribution is -2.36. The van der Waals surface area contributed by atoms with Crippen LogP contribution in [0.15, 0.2) is 18.2 Å². The van der Waals surface area contributed by atoms with E-state index in [9.17, 15) is 13.2 Å². The fourth-order valence-corrected chi connectivity index (χ4v) is 2.85. The highest BCUT2D eigenvalue weighted by atomic mass is 19.4. The van der Waals surface area contributed by atoms with Gasteiger partial charge in [0.1, 0.15) is 0 Å². The molecule has 2 atom stereocenters. The maximum absolute atomic E-state index is 13.1. The van der Waals surface area contributed by atoms with E-state index in [2.05, 4.69) is 10.2 Å². The highest BCUT2D eigenvalue weighted by Crippen LogP contribution is 2.35. The van der Waals surface area contributed by atoms with E-state index in [4.69, 9.17) is 5.73 Å². The summed E-state index contributed by atoms with van der Waals surface area (Å²) in [5.74, 6) is 0.176. The molecule has 0 amide bonds. The quantitative estimate of drug-likeness (QED) is 0.835. The highest BCUT2D eigenvalue weighted by molar-refractivity contribution is 5.46. The molecule has 20 heavy (non-hydrogen) atoms. The first-order chi connectivity index (χ1) is 9.29. The lowest BCUT2D eigenvalue weighted by atomic mass is 9.91. The van der Waals surface area contributed by atoms with Crippen LogP contribution >= 0.6 is 0 Å². The lowest BCUT2D eigenvalue weighted by molar-refractivity contribution is -0.138. The Morgan fingerprint density at radius 1 is 1.30 bits per heavy atom. The number of rotatable bonds is 3. The SMILES string of the molecule is CN(C)[C@H]1CNCC1Cc1ccc(N)cc1C(F)(F)F. The predicted octanol–water partition coefficient (Wildman–Crippen LogP) is 1.98. The summed E-state index contributed by atoms with van der Waals surface area (Å²) in [6.07, 6.45) is -3.95. The molecule has 0 radical (unpaired) electrons. The molecule has 1 aliphatic heterocycles. The summed E-state index contributed by atoms with van der Waals surface area (Å²) in [7, 11) is 3.91. The summed E-state index contributed by atoms with van der Waals surface area (Å²) in [5, 5.41) is 3.25. The smallest absolute Gasteiger partial charge is 0.399 e. The average molecular weight is 287 g/mol. The minimum atomic E-state index is -4.36. The second kappa shape index (κ2) is 5.61. The van der Waals surface area contributed by atoms with Gasteiger partial charge in [-0.1, -0.05) is 6.07 Å². The fourth-order valence-electron chi connectivity index (χ4n) is 2.85. The first-order valence-corrected chi connectivity index (χ1v) is 6.62. The van der Waals surface area contributed by atoms with Gasteiger partial charge >= 0.3 is 6.18 Å². The number of nitrogens with one attached hydrogen (secondary N) is 1. The zero-order chi connectivity index (χ0) is 14.9. The van der Waals surface area contributed by atoms with E-state index in [1.165, 1.54) is 12.1 Å². The summed E-state index contributed by atoms with van der Waals surface area (Å²) in [4.78, 5) is 2.06. The number of nitrogen functional groups attached to an aromatic ring is 1. The third-order valence-corrected chi connectivity index (χ3v) is 3.89. The molecule has 1 aliphatic rings. The van der Waals surface area contributed by atoms with Crippen molar-refractivity contribution >= 4 is 5.69 Å². The van der Waals surface area contributed by atoms with E-state index < -0.39 is 11.7 Å².